The molecule has 1 atom stereocenters. The van der Waals surface area contributed by atoms with Crippen LogP contribution in [0.25, 0.3) is 11.0 Å². The molecule has 0 radical (unpaired) electrons. The first-order valence-electron chi connectivity index (χ1n) is 10.3. The Morgan fingerprint density at radius 2 is 1.80 bits per heavy atom. The van der Waals surface area contributed by atoms with Crippen molar-refractivity contribution in [2.75, 3.05) is 13.2 Å². The van der Waals surface area contributed by atoms with E-state index in [1.807, 2.05) is 51.1 Å². The highest BCUT2D eigenvalue weighted by Crippen LogP contribution is 2.34. The van der Waals surface area contributed by atoms with Crippen molar-refractivity contribution in [2.45, 2.75) is 46.7 Å². The number of aryl methyl sites for hydroxylation is 1. The van der Waals surface area contributed by atoms with Crippen molar-refractivity contribution in [3.63, 3.8) is 0 Å². The van der Waals surface area contributed by atoms with E-state index in [1.54, 1.807) is 0 Å². The van der Waals surface area contributed by atoms with Gasteiger partial charge in [0.25, 0.3) is 0 Å². The zero-order valence-electron chi connectivity index (χ0n) is 17.9. The van der Waals surface area contributed by atoms with Gasteiger partial charge in [-0.05, 0) is 57.5 Å². The number of nitrogens with zero attached hydrogens (tertiary/aromatic N) is 2. The number of imidazole rings is 1. The van der Waals surface area contributed by atoms with Crippen LogP contribution in [0.2, 0.25) is 0 Å². The number of amides is 1. The van der Waals surface area contributed by atoms with Gasteiger partial charge in [-0.25, -0.2) is 4.98 Å². The molecule has 7 heteroatoms. The molecule has 3 rings (SSSR count). The van der Waals surface area contributed by atoms with Gasteiger partial charge in [-0.15, -0.1) is 0 Å². The summed E-state index contributed by atoms with van der Waals surface area (Å²) in [6.07, 6.45) is 0.226. The summed E-state index contributed by atoms with van der Waals surface area (Å²) in [7, 11) is 0. The summed E-state index contributed by atoms with van der Waals surface area (Å²) in [5.74, 6) is 2.09. The second kappa shape index (κ2) is 9.98. The Kier molecular flexibility index (Phi) is 7.37. The molecular formula is C23H28BrN3O3. The molecule has 1 unspecified atom stereocenters. The number of fused-ring (bicyclic) bond motifs is 1. The minimum absolute atomic E-state index is 0.0792. The lowest BCUT2D eigenvalue weighted by Gasteiger charge is -2.17. The van der Waals surface area contributed by atoms with Crippen LogP contribution >= 0.6 is 15.9 Å². The second-order valence-electron chi connectivity index (χ2n) is 6.93. The smallest absolute Gasteiger partial charge is 0.225 e. The molecule has 0 aliphatic heterocycles. The number of nitrogens with one attached hydrogen (secondary N) is 1. The fourth-order valence-electron chi connectivity index (χ4n) is 3.54. The van der Waals surface area contributed by atoms with Crippen molar-refractivity contribution in [3.8, 4) is 11.5 Å². The molecule has 1 N–H and O–H groups in total. The number of rotatable bonds is 9. The molecule has 1 amide bonds. The van der Waals surface area contributed by atoms with Gasteiger partial charge in [0.15, 0.2) is 11.5 Å². The van der Waals surface area contributed by atoms with Gasteiger partial charge in [0.05, 0.1) is 36.7 Å². The van der Waals surface area contributed by atoms with E-state index in [4.69, 9.17) is 14.5 Å². The highest BCUT2D eigenvalue weighted by Gasteiger charge is 2.19. The number of hydrogen-bond acceptors (Lipinski definition) is 4. The zero-order chi connectivity index (χ0) is 21.7. The topological polar surface area (TPSA) is 65.4 Å². The highest BCUT2D eigenvalue weighted by molar-refractivity contribution is 9.10. The molecule has 6 nitrogen and oxygen atoms in total. The normalized spacial score (nSPS) is 12.0. The fourth-order valence-corrected chi connectivity index (χ4v) is 4.00. The number of ether oxygens (including phenoxy) is 2. The molecule has 2 aromatic carbocycles. The number of para-hydroxylation sites is 2. The van der Waals surface area contributed by atoms with Crippen molar-refractivity contribution < 1.29 is 14.3 Å². The third-order valence-corrected chi connectivity index (χ3v) is 5.57. The first-order chi connectivity index (χ1) is 14.5. The molecule has 0 saturated carbocycles. The predicted octanol–water partition coefficient (Wildman–Crippen LogP) is 5.04. The van der Waals surface area contributed by atoms with Crippen molar-refractivity contribution in [1.29, 1.82) is 0 Å². The number of carbonyl (C=O) groups excluding carboxylic acids is 1. The van der Waals surface area contributed by atoms with Crippen LogP contribution in [0.3, 0.4) is 0 Å². The van der Waals surface area contributed by atoms with Crippen LogP contribution in [0.15, 0.2) is 40.9 Å². The summed E-state index contributed by atoms with van der Waals surface area (Å²) in [6, 6.07) is 11.5. The molecule has 0 aliphatic carbocycles. The molecule has 0 bridgehead atoms. The summed E-state index contributed by atoms with van der Waals surface area (Å²) in [5, 5.41) is 3.08. The Hall–Kier alpha value is -2.54. The third kappa shape index (κ3) is 4.78. The Balaban J connectivity index is 1.78. The van der Waals surface area contributed by atoms with E-state index < -0.39 is 0 Å². The van der Waals surface area contributed by atoms with Crippen molar-refractivity contribution >= 4 is 32.9 Å². The molecule has 0 spiro atoms. The van der Waals surface area contributed by atoms with Crippen LogP contribution < -0.4 is 14.8 Å². The first kappa shape index (κ1) is 22.2. The number of carbonyl (C=O) groups is 1. The van der Waals surface area contributed by atoms with E-state index in [1.165, 1.54) is 0 Å². The molecule has 160 valence electrons. The van der Waals surface area contributed by atoms with Crippen molar-refractivity contribution in [1.82, 2.24) is 14.9 Å². The number of hydrogen-bond donors (Lipinski definition) is 1. The fraction of sp³-hybridized carbons (Fsp3) is 0.391. The molecule has 1 aromatic heterocycles. The first-order valence-corrected chi connectivity index (χ1v) is 11.1. The van der Waals surface area contributed by atoms with Gasteiger partial charge < -0.3 is 19.4 Å². The number of halogens is 1. The maximum atomic E-state index is 12.8. The van der Waals surface area contributed by atoms with E-state index in [0.29, 0.717) is 24.7 Å². The van der Waals surface area contributed by atoms with Gasteiger partial charge in [-0.1, -0.05) is 28.1 Å². The number of benzene rings is 2. The summed E-state index contributed by atoms with van der Waals surface area (Å²) in [5.41, 5.74) is 2.85. The summed E-state index contributed by atoms with van der Waals surface area (Å²) >= 11 is 3.56. The largest absolute Gasteiger partial charge is 0.490 e. The molecule has 3 aromatic rings. The van der Waals surface area contributed by atoms with Crippen LogP contribution in [-0.4, -0.2) is 28.7 Å². The van der Waals surface area contributed by atoms with Crippen LogP contribution in [0.4, 0.5) is 0 Å². The van der Waals surface area contributed by atoms with Crippen LogP contribution in [0.1, 0.15) is 45.1 Å². The predicted molar refractivity (Wildman–Crippen MR) is 122 cm³/mol. The SMILES string of the molecule is CCOc1cc(Br)c(CC(=O)NC(C)c2nc3ccccc3n2CC)cc1OCC. The summed E-state index contributed by atoms with van der Waals surface area (Å²) in [4.78, 5) is 17.5. The maximum Gasteiger partial charge on any atom is 0.225 e. The second-order valence-corrected chi connectivity index (χ2v) is 7.78. The Labute approximate surface area is 185 Å². The van der Waals surface area contributed by atoms with Gasteiger partial charge in [0.2, 0.25) is 5.91 Å². The highest BCUT2D eigenvalue weighted by atomic mass is 79.9. The Bertz CT molecular complexity index is 1030. The molecule has 30 heavy (non-hydrogen) atoms. The summed E-state index contributed by atoms with van der Waals surface area (Å²) in [6.45, 7) is 9.75. The average Bonchev–Trinajstić information content (AvgIpc) is 3.10. The van der Waals surface area contributed by atoms with Gasteiger partial charge >= 0.3 is 0 Å². The molecular weight excluding hydrogens is 446 g/mol. The third-order valence-electron chi connectivity index (χ3n) is 4.83. The van der Waals surface area contributed by atoms with Gasteiger partial charge in [0.1, 0.15) is 5.82 Å². The molecule has 0 aliphatic rings. The van der Waals surface area contributed by atoms with Crippen LogP contribution in [0, 0.1) is 0 Å². The molecule has 1 heterocycles. The van der Waals surface area contributed by atoms with Gasteiger partial charge in [-0.2, -0.15) is 0 Å². The lowest BCUT2D eigenvalue weighted by molar-refractivity contribution is -0.121. The van der Waals surface area contributed by atoms with Crippen molar-refractivity contribution in [2.24, 2.45) is 0 Å². The molecule has 0 saturated heterocycles. The van der Waals surface area contributed by atoms with E-state index in [-0.39, 0.29) is 18.4 Å². The average molecular weight is 474 g/mol. The zero-order valence-corrected chi connectivity index (χ0v) is 19.5. The maximum absolute atomic E-state index is 12.8. The minimum atomic E-state index is -0.210. The number of aromatic nitrogens is 2. The van der Waals surface area contributed by atoms with Gasteiger partial charge in [0, 0.05) is 11.0 Å². The van der Waals surface area contributed by atoms with E-state index in [9.17, 15) is 4.79 Å². The van der Waals surface area contributed by atoms with E-state index >= 15 is 0 Å². The minimum Gasteiger partial charge on any atom is -0.490 e. The lowest BCUT2D eigenvalue weighted by Crippen LogP contribution is -2.30. The summed E-state index contributed by atoms with van der Waals surface area (Å²) < 4.78 is 14.3. The van der Waals surface area contributed by atoms with Crippen molar-refractivity contribution in [3.05, 3.63) is 52.3 Å². The molecule has 0 fully saturated rings. The van der Waals surface area contributed by atoms with Gasteiger partial charge in [-0.3, -0.25) is 4.79 Å². The van der Waals surface area contributed by atoms with E-state index in [2.05, 4.69) is 38.8 Å². The Morgan fingerprint density at radius 1 is 1.13 bits per heavy atom. The van der Waals surface area contributed by atoms with Crippen LogP contribution in [0.5, 0.6) is 11.5 Å². The monoisotopic (exact) mass is 473 g/mol. The lowest BCUT2D eigenvalue weighted by atomic mass is 10.1. The quantitative estimate of drug-likeness (QED) is 0.472. The standard InChI is InChI=1S/C23H28BrN3O3/c1-5-27-19-11-9-8-10-18(19)26-23(27)15(4)25-22(28)13-16-12-20(29-6-2)21(30-7-3)14-17(16)24/h8-12,14-15H,5-7,13H2,1-4H3,(H,25,28). The Morgan fingerprint density at radius 3 is 2.47 bits per heavy atom. The van der Waals surface area contributed by atoms with E-state index in [0.717, 1.165) is 33.4 Å². The van der Waals surface area contributed by atoms with Crippen LogP contribution in [-0.2, 0) is 17.8 Å².